The average molecular weight is 287 g/mol. The molecule has 19 heavy (non-hydrogen) atoms. The van der Waals surface area contributed by atoms with Gasteiger partial charge in [-0.25, -0.2) is 13.4 Å². The predicted molar refractivity (Wildman–Crippen MR) is 77.7 cm³/mol. The summed E-state index contributed by atoms with van der Waals surface area (Å²) in [7, 11) is -3.11. The molecule has 0 aliphatic rings. The minimum Gasteiger partial charge on any atom is -0.332 e. The van der Waals surface area contributed by atoms with Crippen molar-refractivity contribution in [2.75, 3.05) is 6.26 Å². The Kier molecular flexibility index (Phi) is 4.47. The van der Waals surface area contributed by atoms with E-state index in [1.165, 1.54) is 6.26 Å². The van der Waals surface area contributed by atoms with Crippen LogP contribution in [-0.4, -0.2) is 34.5 Å². The maximum Gasteiger partial charge on any atom is 0.154 e. The van der Waals surface area contributed by atoms with Crippen molar-refractivity contribution in [2.45, 2.75) is 58.0 Å². The highest BCUT2D eigenvalue weighted by Crippen LogP contribution is 2.19. The van der Waals surface area contributed by atoms with Gasteiger partial charge < -0.3 is 9.88 Å². The summed E-state index contributed by atoms with van der Waals surface area (Å²) in [6.45, 7) is 10.8. The summed E-state index contributed by atoms with van der Waals surface area (Å²) < 4.78 is 24.6. The van der Waals surface area contributed by atoms with Gasteiger partial charge in [-0.3, -0.25) is 0 Å². The van der Waals surface area contributed by atoms with E-state index in [1.54, 1.807) is 26.4 Å². The van der Waals surface area contributed by atoms with Gasteiger partial charge in [0.25, 0.3) is 0 Å². The van der Waals surface area contributed by atoms with Crippen LogP contribution in [0.2, 0.25) is 0 Å². The predicted octanol–water partition coefficient (Wildman–Crippen LogP) is 1.59. The second kappa shape index (κ2) is 5.25. The molecule has 5 nitrogen and oxygen atoms in total. The molecule has 1 N–H and O–H groups in total. The first-order valence-corrected chi connectivity index (χ1v) is 8.25. The molecular weight excluding hydrogens is 262 g/mol. The molecule has 0 saturated carbocycles. The minimum atomic E-state index is -3.11. The number of nitrogens with one attached hydrogen (secondary N) is 1. The fraction of sp³-hybridized carbons (Fsp3) is 0.769. The van der Waals surface area contributed by atoms with Gasteiger partial charge in [0.05, 0.1) is 16.8 Å². The van der Waals surface area contributed by atoms with Gasteiger partial charge in [0.15, 0.2) is 9.84 Å². The molecule has 0 atom stereocenters. The summed E-state index contributed by atoms with van der Waals surface area (Å²) in [6.07, 6.45) is 4.74. The maximum absolute atomic E-state index is 11.8. The van der Waals surface area contributed by atoms with Crippen molar-refractivity contribution < 1.29 is 8.42 Å². The van der Waals surface area contributed by atoms with E-state index in [-0.39, 0.29) is 5.54 Å². The topological polar surface area (TPSA) is 64.0 Å². The minimum absolute atomic E-state index is 0.0153. The number of sulfone groups is 1. The number of hydrogen-bond donors (Lipinski definition) is 1. The van der Waals surface area contributed by atoms with Crippen LogP contribution in [0.5, 0.6) is 0 Å². The highest BCUT2D eigenvalue weighted by Gasteiger charge is 2.31. The van der Waals surface area contributed by atoms with E-state index in [9.17, 15) is 8.42 Å². The van der Waals surface area contributed by atoms with Crippen LogP contribution in [0.3, 0.4) is 0 Å². The molecule has 0 saturated heterocycles. The van der Waals surface area contributed by atoms with Crippen LogP contribution in [0.25, 0.3) is 0 Å². The van der Waals surface area contributed by atoms with Crippen LogP contribution >= 0.6 is 0 Å². The Morgan fingerprint density at radius 1 is 1.26 bits per heavy atom. The zero-order valence-electron chi connectivity index (χ0n) is 12.7. The first-order valence-electron chi connectivity index (χ1n) is 6.36. The second-order valence-electron chi connectivity index (χ2n) is 6.65. The van der Waals surface area contributed by atoms with Crippen LogP contribution in [0.15, 0.2) is 12.5 Å². The Morgan fingerprint density at radius 2 is 1.84 bits per heavy atom. The maximum atomic E-state index is 11.8. The van der Waals surface area contributed by atoms with Crippen LogP contribution in [0, 0.1) is 0 Å². The van der Waals surface area contributed by atoms with Crippen LogP contribution in [0.4, 0.5) is 0 Å². The quantitative estimate of drug-likeness (QED) is 0.893. The Bertz CT molecular complexity index is 524. The molecule has 1 aromatic rings. The number of rotatable bonds is 5. The molecule has 0 amide bonds. The van der Waals surface area contributed by atoms with Gasteiger partial charge in [-0.1, -0.05) is 0 Å². The number of aromatic nitrogens is 2. The Balaban J connectivity index is 2.85. The van der Waals surface area contributed by atoms with E-state index < -0.39 is 14.6 Å². The monoisotopic (exact) mass is 287 g/mol. The molecular formula is C13H25N3O2S. The summed E-state index contributed by atoms with van der Waals surface area (Å²) >= 11 is 0. The SMILES string of the molecule is CC(C)(C)NCc1cncn1CC(C)(C)S(C)(=O)=O. The van der Waals surface area contributed by atoms with Crippen molar-refractivity contribution >= 4 is 9.84 Å². The standard InChI is InChI=1S/C13H25N3O2S/c1-12(2,3)15-8-11-7-14-10-16(11)9-13(4,5)19(6,17)18/h7,10,15H,8-9H2,1-6H3. The fourth-order valence-electron chi connectivity index (χ4n) is 1.52. The molecule has 0 aliphatic heterocycles. The van der Waals surface area contributed by atoms with Gasteiger partial charge in [0.1, 0.15) is 0 Å². The summed E-state index contributed by atoms with van der Waals surface area (Å²) in [5, 5.41) is 3.38. The first-order chi connectivity index (χ1) is 8.42. The highest BCUT2D eigenvalue weighted by molar-refractivity contribution is 7.92. The molecule has 1 heterocycles. The summed E-state index contributed by atoms with van der Waals surface area (Å²) in [5.41, 5.74) is 1.01. The molecule has 1 aromatic heterocycles. The van der Waals surface area contributed by atoms with Gasteiger partial charge in [0, 0.05) is 31.1 Å². The van der Waals surface area contributed by atoms with Gasteiger partial charge in [-0.05, 0) is 34.6 Å². The molecule has 0 aromatic carbocycles. The molecule has 0 bridgehead atoms. The Morgan fingerprint density at radius 3 is 2.32 bits per heavy atom. The molecule has 6 heteroatoms. The van der Waals surface area contributed by atoms with Gasteiger partial charge >= 0.3 is 0 Å². The van der Waals surface area contributed by atoms with Crippen LogP contribution in [0.1, 0.15) is 40.3 Å². The molecule has 0 radical (unpaired) electrons. The summed E-state index contributed by atoms with van der Waals surface area (Å²) in [5.74, 6) is 0. The smallest absolute Gasteiger partial charge is 0.154 e. The number of imidazole rings is 1. The van der Waals surface area contributed by atoms with Gasteiger partial charge in [-0.2, -0.15) is 0 Å². The molecule has 0 spiro atoms. The summed E-state index contributed by atoms with van der Waals surface area (Å²) in [6, 6.07) is 0. The lowest BCUT2D eigenvalue weighted by Crippen LogP contribution is -2.38. The molecule has 1 rings (SSSR count). The third-order valence-electron chi connectivity index (χ3n) is 3.15. The summed E-state index contributed by atoms with van der Waals surface area (Å²) in [4.78, 5) is 4.12. The molecule has 0 unspecified atom stereocenters. The lowest BCUT2D eigenvalue weighted by atomic mass is 10.1. The zero-order valence-corrected chi connectivity index (χ0v) is 13.5. The highest BCUT2D eigenvalue weighted by atomic mass is 32.2. The Hall–Kier alpha value is -0.880. The lowest BCUT2D eigenvalue weighted by Gasteiger charge is -2.25. The zero-order chi connectivity index (χ0) is 14.9. The van der Waals surface area contributed by atoms with Crippen molar-refractivity contribution in [1.82, 2.24) is 14.9 Å². The normalized spacial score (nSPS) is 13.8. The van der Waals surface area contributed by atoms with E-state index in [0.29, 0.717) is 13.1 Å². The molecule has 0 fully saturated rings. The number of nitrogens with zero attached hydrogens (tertiary/aromatic N) is 2. The fourth-order valence-corrected chi connectivity index (χ4v) is 1.89. The first kappa shape index (κ1) is 16.2. The van der Waals surface area contributed by atoms with Crippen molar-refractivity contribution in [3.05, 3.63) is 18.2 Å². The van der Waals surface area contributed by atoms with Gasteiger partial charge in [-0.15, -0.1) is 0 Å². The van der Waals surface area contributed by atoms with E-state index in [1.807, 2.05) is 4.57 Å². The largest absolute Gasteiger partial charge is 0.332 e. The lowest BCUT2D eigenvalue weighted by molar-refractivity contribution is 0.410. The van der Waals surface area contributed by atoms with Crippen LogP contribution < -0.4 is 5.32 Å². The van der Waals surface area contributed by atoms with Crippen molar-refractivity contribution in [1.29, 1.82) is 0 Å². The third-order valence-corrected chi connectivity index (χ3v) is 5.29. The van der Waals surface area contributed by atoms with E-state index in [2.05, 4.69) is 31.1 Å². The Labute approximate surface area is 116 Å². The van der Waals surface area contributed by atoms with Crippen molar-refractivity contribution in [3.8, 4) is 0 Å². The third kappa shape index (κ3) is 4.62. The van der Waals surface area contributed by atoms with E-state index >= 15 is 0 Å². The van der Waals surface area contributed by atoms with Crippen molar-refractivity contribution in [2.24, 2.45) is 0 Å². The molecule has 0 aliphatic carbocycles. The average Bonchev–Trinajstić information content (AvgIpc) is 2.58. The number of hydrogen-bond acceptors (Lipinski definition) is 4. The van der Waals surface area contributed by atoms with E-state index in [4.69, 9.17) is 0 Å². The van der Waals surface area contributed by atoms with Crippen molar-refractivity contribution in [3.63, 3.8) is 0 Å². The second-order valence-corrected chi connectivity index (χ2v) is 9.30. The molecule has 110 valence electrons. The van der Waals surface area contributed by atoms with Gasteiger partial charge in [0.2, 0.25) is 0 Å². The van der Waals surface area contributed by atoms with Crippen LogP contribution in [-0.2, 0) is 22.9 Å². The van der Waals surface area contributed by atoms with E-state index in [0.717, 1.165) is 5.69 Å².